The van der Waals surface area contributed by atoms with Gasteiger partial charge in [-0.25, -0.2) is 0 Å². The number of nitrogens with one attached hydrogen (secondary N) is 1. The Morgan fingerprint density at radius 1 is 0.964 bits per heavy atom. The third kappa shape index (κ3) is 7.08. The van der Waals surface area contributed by atoms with E-state index in [9.17, 15) is 13.2 Å². The van der Waals surface area contributed by atoms with Gasteiger partial charge in [0.05, 0.1) is 0 Å². The van der Waals surface area contributed by atoms with Gasteiger partial charge in [-0.2, -0.15) is 13.2 Å². The molecule has 0 saturated carbocycles. The number of guanidine groups is 1. The predicted octanol–water partition coefficient (Wildman–Crippen LogP) is 1.55. The van der Waals surface area contributed by atoms with Crippen LogP contribution in [-0.4, -0.2) is 117 Å². The van der Waals surface area contributed by atoms with E-state index in [1.54, 1.807) is 7.05 Å². The van der Waals surface area contributed by atoms with Gasteiger partial charge < -0.3 is 20.0 Å². The normalized spacial score (nSPS) is 22.5. The van der Waals surface area contributed by atoms with Crippen molar-refractivity contribution >= 4 is 5.96 Å². The fourth-order valence-electron chi connectivity index (χ4n) is 3.85. The van der Waals surface area contributed by atoms with E-state index in [2.05, 4.69) is 31.9 Å². The van der Waals surface area contributed by atoms with E-state index in [1.807, 2.05) is 0 Å². The second-order valence-electron chi connectivity index (χ2n) is 7.70. The van der Waals surface area contributed by atoms with Crippen molar-refractivity contribution in [1.29, 1.82) is 0 Å². The molecular formula is C19H37F3N6. The van der Waals surface area contributed by atoms with E-state index < -0.39 is 12.2 Å². The van der Waals surface area contributed by atoms with Gasteiger partial charge in [0.25, 0.3) is 0 Å². The number of alkyl halides is 3. The number of piperazine rings is 2. The second-order valence-corrected chi connectivity index (χ2v) is 7.70. The van der Waals surface area contributed by atoms with Crippen LogP contribution in [0.15, 0.2) is 4.99 Å². The van der Waals surface area contributed by atoms with Crippen LogP contribution < -0.4 is 5.32 Å². The molecule has 28 heavy (non-hydrogen) atoms. The van der Waals surface area contributed by atoms with E-state index >= 15 is 0 Å². The van der Waals surface area contributed by atoms with Crippen molar-refractivity contribution in [3.63, 3.8) is 0 Å². The number of aliphatic imine (C=N–C) groups is 1. The molecule has 2 aliphatic rings. The minimum Gasteiger partial charge on any atom is -0.356 e. The molecule has 0 spiro atoms. The smallest absolute Gasteiger partial charge is 0.356 e. The molecule has 0 bridgehead atoms. The molecule has 164 valence electrons. The molecule has 1 N–H and O–H groups in total. The molecule has 0 amide bonds. The molecule has 0 aromatic heterocycles. The molecule has 2 rings (SSSR count). The third-order valence-electron chi connectivity index (χ3n) is 5.94. The molecule has 1 atom stereocenters. The first-order valence-electron chi connectivity index (χ1n) is 10.6. The second kappa shape index (κ2) is 11.2. The standard InChI is InChI=1S/C19H37F3N6/c1-4-25-9-11-26(12-10-25)8-6-5-7-24-18(23-3)28-15-13-27(14-16-28)17(2)19(20,21)22/h17H,4-16H2,1-3H3,(H,23,24). The zero-order valence-electron chi connectivity index (χ0n) is 17.6. The lowest BCUT2D eigenvalue weighted by Gasteiger charge is -2.39. The van der Waals surface area contributed by atoms with Crippen molar-refractivity contribution in [2.75, 3.05) is 79.0 Å². The Labute approximate surface area is 167 Å². The molecule has 6 nitrogen and oxygen atoms in total. The van der Waals surface area contributed by atoms with Crippen LogP contribution in [0.3, 0.4) is 0 Å². The molecule has 2 heterocycles. The van der Waals surface area contributed by atoms with E-state index in [0.717, 1.165) is 51.5 Å². The summed E-state index contributed by atoms with van der Waals surface area (Å²) >= 11 is 0. The summed E-state index contributed by atoms with van der Waals surface area (Å²) in [4.78, 5) is 12.9. The third-order valence-corrected chi connectivity index (χ3v) is 5.94. The van der Waals surface area contributed by atoms with Gasteiger partial charge in [-0.3, -0.25) is 9.89 Å². The number of halogens is 3. The largest absolute Gasteiger partial charge is 0.403 e. The lowest BCUT2D eigenvalue weighted by atomic mass is 10.2. The zero-order chi connectivity index (χ0) is 20.6. The van der Waals surface area contributed by atoms with Crippen molar-refractivity contribution < 1.29 is 13.2 Å². The maximum absolute atomic E-state index is 12.9. The molecular weight excluding hydrogens is 369 g/mol. The lowest BCUT2D eigenvalue weighted by Crippen LogP contribution is -2.56. The Balaban J connectivity index is 1.61. The van der Waals surface area contributed by atoms with Gasteiger partial charge in [-0.05, 0) is 32.9 Å². The highest BCUT2D eigenvalue weighted by atomic mass is 19.4. The fourth-order valence-corrected chi connectivity index (χ4v) is 3.85. The average molecular weight is 407 g/mol. The number of hydrogen-bond acceptors (Lipinski definition) is 4. The highest BCUT2D eigenvalue weighted by Crippen LogP contribution is 2.25. The van der Waals surface area contributed by atoms with Gasteiger partial charge >= 0.3 is 6.18 Å². The maximum atomic E-state index is 12.9. The number of unbranched alkanes of at least 4 members (excludes halogenated alkanes) is 1. The van der Waals surface area contributed by atoms with Gasteiger partial charge in [0.2, 0.25) is 0 Å². The minimum absolute atomic E-state index is 0.408. The number of hydrogen-bond donors (Lipinski definition) is 1. The first kappa shape index (κ1) is 23.2. The van der Waals surface area contributed by atoms with E-state index in [0.29, 0.717) is 26.2 Å². The van der Waals surface area contributed by atoms with Crippen molar-refractivity contribution in [2.24, 2.45) is 4.99 Å². The highest BCUT2D eigenvalue weighted by molar-refractivity contribution is 5.79. The first-order chi connectivity index (χ1) is 13.3. The van der Waals surface area contributed by atoms with Crippen LogP contribution in [0, 0.1) is 0 Å². The summed E-state index contributed by atoms with van der Waals surface area (Å²) in [7, 11) is 1.74. The number of likely N-dealkylation sites (N-methyl/N-ethyl adjacent to an activating group) is 1. The lowest BCUT2D eigenvalue weighted by molar-refractivity contribution is -0.181. The molecule has 1 unspecified atom stereocenters. The monoisotopic (exact) mass is 406 g/mol. The van der Waals surface area contributed by atoms with E-state index in [-0.39, 0.29) is 0 Å². The topological polar surface area (TPSA) is 37.4 Å². The SMILES string of the molecule is CCN1CCN(CCCCNC(=NC)N2CCN(C(C)C(F)(F)F)CC2)CC1. The summed E-state index contributed by atoms with van der Waals surface area (Å²) < 4.78 is 38.6. The Morgan fingerprint density at radius 3 is 2.11 bits per heavy atom. The fraction of sp³-hybridized carbons (Fsp3) is 0.947. The van der Waals surface area contributed by atoms with Crippen molar-refractivity contribution in [3.05, 3.63) is 0 Å². The van der Waals surface area contributed by atoms with Crippen LogP contribution in [-0.2, 0) is 0 Å². The van der Waals surface area contributed by atoms with Gasteiger partial charge in [-0.1, -0.05) is 6.92 Å². The molecule has 9 heteroatoms. The van der Waals surface area contributed by atoms with Crippen LogP contribution in [0.1, 0.15) is 26.7 Å². The van der Waals surface area contributed by atoms with Gasteiger partial charge in [0, 0.05) is 66.0 Å². The van der Waals surface area contributed by atoms with E-state index in [4.69, 9.17) is 0 Å². The Morgan fingerprint density at radius 2 is 1.57 bits per heavy atom. The molecule has 0 aliphatic carbocycles. The van der Waals surface area contributed by atoms with Crippen molar-refractivity contribution in [1.82, 2.24) is 24.9 Å². The van der Waals surface area contributed by atoms with Crippen LogP contribution >= 0.6 is 0 Å². The molecule has 0 aromatic rings. The summed E-state index contributed by atoms with van der Waals surface area (Å²) in [5.74, 6) is 0.802. The molecule has 2 saturated heterocycles. The van der Waals surface area contributed by atoms with Crippen molar-refractivity contribution in [2.45, 2.75) is 38.9 Å². The molecule has 2 fully saturated rings. The predicted molar refractivity (Wildman–Crippen MR) is 108 cm³/mol. The van der Waals surface area contributed by atoms with Gasteiger partial charge in [-0.15, -0.1) is 0 Å². The summed E-state index contributed by atoms with van der Waals surface area (Å²) in [5, 5.41) is 3.38. The quantitative estimate of drug-likeness (QED) is 0.395. The van der Waals surface area contributed by atoms with Crippen LogP contribution in [0.4, 0.5) is 13.2 Å². The summed E-state index contributed by atoms with van der Waals surface area (Å²) in [6.07, 6.45) is -1.95. The average Bonchev–Trinajstić information content (AvgIpc) is 2.70. The molecule has 0 radical (unpaired) electrons. The van der Waals surface area contributed by atoms with Crippen LogP contribution in [0.2, 0.25) is 0 Å². The van der Waals surface area contributed by atoms with Crippen molar-refractivity contribution in [3.8, 4) is 0 Å². The summed E-state index contributed by atoms with van der Waals surface area (Å²) in [6.45, 7) is 13.2. The Kier molecular flexibility index (Phi) is 9.30. The number of nitrogens with zero attached hydrogens (tertiary/aromatic N) is 5. The van der Waals surface area contributed by atoms with Gasteiger partial charge in [0.1, 0.15) is 6.04 Å². The van der Waals surface area contributed by atoms with Crippen LogP contribution in [0.25, 0.3) is 0 Å². The van der Waals surface area contributed by atoms with Crippen LogP contribution in [0.5, 0.6) is 0 Å². The molecule has 2 aliphatic heterocycles. The molecule has 0 aromatic carbocycles. The highest BCUT2D eigenvalue weighted by Gasteiger charge is 2.41. The van der Waals surface area contributed by atoms with Gasteiger partial charge in [0.15, 0.2) is 5.96 Å². The van der Waals surface area contributed by atoms with E-state index in [1.165, 1.54) is 24.9 Å². The first-order valence-corrected chi connectivity index (χ1v) is 10.6. The summed E-state index contributed by atoms with van der Waals surface area (Å²) in [5.41, 5.74) is 0. The Bertz CT molecular complexity index is 469. The Hall–Kier alpha value is -1.06. The maximum Gasteiger partial charge on any atom is 0.403 e. The minimum atomic E-state index is -4.16. The summed E-state index contributed by atoms with van der Waals surface area (Å²) in [6, 6.07) is -1.39. The number of rotatable bonds is 7. The zero-order valence-corrected chi connectivity index (χ0v) is 17.6.